The molecule has 0 radical (unpaired) electrons. The van der Waals surface area contributed by atoms with Crippen LogP contribution in [0.4, 0.5) is 18.9 Å². The third-order valence-electron chi connectivity index (χ3n) is 3.97. The monoisotopic (exact) mass is 462 g/mol. The molecule has 31 heavy (non-hydrogen) atoms. The minimum Gasteiger partial charge on any atom is -0.366 e. The van der Waals surface area contributed by atoms with E-state index in [0.29, 0.717) is 10.6 Å². The van der Waals surface area contributed by atoms with Gasteiger partial charge in [0.1, 0.15) is 11.1 Å². The fourth-order valence-electron chi connectivity index (χ4n) is 2.56. The normalized spacial score (nSPS) is 11.0. The molecule has 0 bridgehead atoms. The molecule has 3 rings (SSSR count). The Morgan fingerprint density at radius 1 is 1.23 bits per heavy atom. The van der Waals surface area contributed by atoms with E-state index in [2.05, 4.69) is 10.3 Å². The molecule has 1 aromatic carbocycles. The Morgan fingerprint density at radius 3 is 2.48 bits per heavy atom. The Kier molecular flexibility index (Phi) is 6.62. The molecule has 11 heteroatoms. The highest BCUT2D eigenvalue weighted by Gasteiger charge is 2.36. The van der Waals surface area contributed by atoms with Crippen LogP contribution in [-0.2, 0) is 11.0 Å². The number of primary amides is 1. The van der Waals surface area contributed by atoms with Gasteiger partial charge in [0.25, 0.3) is 0 Å². The van der Waals surface area contributed by atoms with E-state index in [1.54, 1.807) is 23.6 Å². The molecule has 0 unspecified atom stereocenters. The molecule has 2 aromatic heterocycles. The van der Waals surface area contributed by atoms with Crippen LogP contribution in [0.3, 0.4) is 0 Å². The number of benzene rings is 1. The number of nitriles is 1. The zero-order valence-corrected chi connectivity index (χ0v) is 17.2. The van der Waals surface area contributed by atoms with E-state index < -0.39 is 29.1 Å². The summed E-state index contributed by atoms with van der Waals surface area (Å²) in [6.45, 7) is 0. The number of thiophene rings is 1. The molecule has 2 amide bonds. The average Bonchev–Trinajstić information content (AvgIpc) is 3.26. The van der Waals surface area contributed by atoms with Crippen molar-refractivity contribution < 1.29 is 22.8 Å². The summed E-state index contributed by atoms with van der Waals surface area (Å²) in [5.41, 5.74) is 4.15. The van der Waals surface area contributed by atoms with Gasteiger partial charge in [0.2, 0.25) is 11.8 Å². The Bertz CT molecular complexity index is 1150. The SMILES string of the molecule is N#Cc1c(C(F)(F)F)cc(-c2cccs2)nc1SCC(=O)Nc1ccc(C(N)=O)cc1. The van der Waals surface area contributed by atoms with Crippen molar-refractivity contribution in [3.63, 3.8) is 0 Å². The number of halogens is 3. The van der Waals surface area contributed by atoms with Crippen LogP contribution in [0.15, 0.2) is 52.9 Å². The van der Waals surface area contributed by atoms with E-state index in [9.17, 15) is 28.0 Å². The molecule has 0 saturated heterocycles. The minimum absolute atomic E-state index is 0.0753. The highest BCUT2D eigenvalue weighted by atomic mass is 32.2. The van der Waals surface area contributed by atoms with Crippen molar-refractivity contribution >= 4 is 40.6 Å². The first-order valence-corrected chi connectivity index (χ1v) is 10.4. The summed E-state index contributed by atoms with van der Waals surface area (Å²) < 4.78 is 40.5. The minimum atomic E-state index is -4.75. The summed E-state index contributed by atoms with van der Waals surface area (Å²) in [5, 5.41) is 13.4. The lowest BCUT2D eigenvalue weighted by molar-refractivity contribution is -0.138. The van der Waals surface area contributed by atoms with E-state index >= 15 is 0 Å². The second-order valence-corrected chi connectivity index (χ2v) is 8.01. The molecular weight excluding hydrogens is 449 g/mol. The fraction of sp³-hybridized carbons (Fsp3) is 0.100. The smallest absolute Gasteiger partial charge is 0.366 e. The van der Waals surface area contributed by atoms with Crippen LogP contribution >= 0.6 is 23.1 Å². The molecular formula is C20H13F3N4O2S2. The number of carbonyl (C=O) groups is 2. The second-order valence-electron chi connectivity index (χ2n) is 6.10. The van der Waals surface area contributed by atoms with Crippen LogP contribution < -0.4 is 11.1 Å². The topological polar surface area (TPSA) is 109 Å². The number of alkyl halides is 3. The van der Waals surface area contributed by atoms with E-state index in [1.165, 1.54) is 35.6 Å². The van der Waals surface area contributed by atoms with Crippen LogP contribution in [0.1, 0.15) is 21.5 Å². The standard InChI is InChI=1S/C20H13F3N4O2S2/c21-20(22,23)14-8-15(16-2-1-7-30-16)27-19(13(14)9-24)31-10-17(28)26-12-5-3-11(4-6-12)18(25)29/h1-8H,10H2,(H2,25,29)(H,26,28). The first-order chi connectivity index (χ1) is 14.7. The molecule has 0 aliphatic carbocycles. The molecule has 0 spiro atoms. The number of nitrogens with two attached hydrogens (primary N) is 1. The Morgan fingerprint density at radius 2 is 1.94 bits per heavy atom. The molecule has 158 valence electrons. The van der Waals surface area contributed by atoms with Gasteiger partial charge in [-0.25, -0.2) is 4.98 Å². The van der Waals surface area contributed by atoms with Gasteiger partial charge in [-0.2, -0.15) is 18.4 Å². The predicted molar refractivity (Wildman–Crippen MR) is 112 cm³/mol. The number of nitrogens with zero attached hydrogens (tertiary/aromatic N) is 2. The summed E-state index contributed by atoms with van der Waals surface area (Å²) >= 11 is 1.95. The Balaban J connectivity index is 1.83. The number of carbonyl (C=O) groups excluding carboxylic acids is 2. The molecule has 0 atom stereocenters. The molecule has 2 heterocycles. The number of anilines is 1. The zero-order chi connectivity index (χ0) is 22.6. The summed E-state index contributed by atoms with van der Waals surface area (Å²) in [6.07, 6.45) is -4.75. The van der Waals surface area contributed by atoms with E-state index in [4.69, 9.17) is 5.73 Å². The average molecular weight is 462 g/mol. The summed E-state index contributed by atoms with van der Waals surface area (Å²) in [7, 11) is 0. The van der Waals surface area contributed by atoms with Crippen LogP contribution in [0.2, 0.25) is 0 Å². The summed E-state index contributed by atoms with van der Waals surface area (Å²) in [4.78, 5) is 28.0. The van der Waals surface area contributed by atoms with Gasteiger partial charge in [0.15, 0.2) is 0 Å². The zero-order valence-electron chi connectivity index (χ0n) is 15.6. The Labute approximate surface area is 182 Å². The Hall–Kier alpha value is -3.36. The van der Waals surface area contributed by atoms with Crippen molar-refractivity contribution in [1.29, 1.82) is 5.26 Å². The second kappa shape index (κ2) is 9.20. The molecule has 0 aliphatic heterocycles. The van der Waals surface area contributed by atoms with Crippen LogP contribution in [0.25, 0.3) is 10.6 Å². The largest absolute Gasteiger partial charge is 0.417 e. The molecule has 6 nitrogen and oxygen atoms in total. The number of amides is 2. The third-order valence-corrected chi connectivity index (χ3v) is 5.84. The van der Waals surface area contributed by atoms with Crippen molar-refractivity contribution in [1.82, 2.24) is 4.98 Å². The van der Waals surface area contributed by atoms with Crippen LogP contribution in [0.5, 0.6) is 0 Å². The van der Waals surface area contributed by atoms with Crippen molar-refractivity contribution in [2.24, 2.45) is 5.73 Å². The van der Waals surface area contributed by atoms with Gasteiger partial charge in [0.05, 0.1) is 27.5 Å². The van der Waals surface area contributed by atoms with Gasteiger partial charge >= 0.3 is 6.18 Å². The van der Waals surface area contributed by atoms with Gasteiger partial charge < -0.3 is 11.1 Å². The maximum atomic E-state index is 13.5. The van der Waals surface area contributed by atoms with Crippen molar-refractivity contribution in [2.45, 2.75) is 11.2 Å². The van der Waals surface area contributed by atoms with Crippen molar-refractivity contribution in [2.75, 3.05) is 11.1 Å². The third kappa shape index (κ3) is 5.42. The van der Waals surface area contributed by atoms with Crippen LogP contribution in [-0.4, -0.2) is 22.6 Å². The number of thioether (sulfide) groups is 1. The molecule has 0 aliphatic rings. The number of hydrogen-bond donors (Lipinski definition) is 2. The van der Waals surface area contributed by atoms with Gasteiger partial charge in [0, 0.05) is 11.3 Å². The fourth-order valence-corrected chi connectivity index (χ4v) is 4.05. The van der Waals surface area contributed by atoms with E-state index in [0.717, 1.165) is 17.8 Å². The number of rotatable bonds is 6. The lowest BCUT2D eigenvalue weighted by atomic mass is 10.1. The first kappa shape index (κ1) is 22.3. The number of hydrogen-bond acceptors (Lipinski definition) is 6. The number of aromatic nitrogens is 1. The van der Waals surface area contributed by atoms with Gasteiger partial charge in [-0.3, -0.25) is 9.59 Å². The lowest BCUT2D eigenvalue weighted by Crippen LogP contribution is -2.16. The molecule has 3 N–H and O–H groups in total. The van der Waals surface area contributed by atoms with E-state index in [-0.39, 0.29) is 22.0 Å². The van der Waals surface area contributed by atoms with Crippen LogP contribution in [0, 0.1) is 11.3 Å². The number of pyridine rings is 1. The van der Waals surface area contributed by atoms with Crippen molar-refractivity contribution in [3.05, 3.63) is 64.5 Å². The molecule has 3 aromatic rings. The van der Waals surface area contributed by atoms with Crippen molar-refractivity contribution in [3.8, 4) is 16.6 Å². The van der Waals surface area contributed by atoms with Gasteiger partial charge in [-0.15, -0.1) is 11.3 Å². The van der Waals surface area contributed by atoms with Gasteiger partial charge in [-0.05, 0) is 41.8 Å². The highest BCUT2D eigenvalue weighted by molar-refractivity contribution is 8.00. The lowest BCUT2D eigenvalue weighted by Gasteiger charge is -2.13. The maximum Gasteiger partial charge on any atom is 0.417 e. The first-order valence-electron chi connectivity index (χ1n) is 8.57. The molecule has 0 saturated carbocycles. The number of nitrogens with one attached hydrogen (secondary N) is 1. The predicted octanol–water partition coefficient (Wildman–Crippen LogP) is 4.53. The van der Waals surface area contributed by atoms with Gasteiger partial charge in [-0.1, -0.05) is 17.8 Å². The maximum absolute atomic E-state index is 13.5. The quantitative estimate of drug-likeness (QED) is 0.523. The molecule has 0 fully saturated rings. The highest BCUT2D eigenvalue weighted by Crippen LogP contribution is 2.38. The summed E-state index contributed by atoms with van der Waals surface area (Å²) in [5.74, 6) is -1.41. The van der Waals surface area contributed by atoms with E-state index in [1.807, 2.05) is 0 Å². The summed E-state index contributed by atoms with van der Waals surface area (Å²) in [6, 6.07) is 11.5.